The van der Waals surface area contributed by atoms with Gasteiger partial charge in [-0.3, -0.25) is 10.00 Å². The van der Waals surface area contributed by atoms with Crippen LogP contribution in [-0.2, 0) is 13.1 Å². The minimum Gasteiger partial charge on any atom is -0.357 e. The molecule has 28 heavy (non-hydrogen) atoms. The third-order valence-corrected chi connectivity index (χ3v) is 6.00. The van der Waals surface area contributed by atoms with Crippen LogP contribution in [0.1, 0.15) is 37.4 Å². The normalized spacial score (nSPS) is 23.5. The zero-order valence-electron chi connectivity index (χ0n) is 16.8. The highest BCUT2D eigenvalue weighted by Gasteiger charge is 2.36. The van der Waals surface area contributed by atoms with E-state index in [-0.39, 0.29) is 0 Å². The molecule has 0 aliphatic carbocycles. The molecule has 2 aliphatic rings. The minimum absolute atomic E-state index is 0.646. The van der Waals surface area contributed by atoms with Crippen molar-refractivity contribution in [2.75, 3.05) is 26.2 Å². The molecule has 2 fully saturated rings. The van der Waals surface area contributed by atoms with Gasteiger partial charge in [-0.2, -0.15) is 5.10 Å². The Morgan fingerprint density at radius 3 is 2.89 bits per heavy atom. The number of aromatic amines is 1. The Hall–Kier alpha value is -2.34. The summed E-state index contributed by atoms with van der Waals surface area (Å²) in [6.45, 7) is 8.16. The van der Waals surface area contributed by atoms with Crippen molar-refractivity contribution in [1.82, 2.24) is 25.3 Å². The first kappa shape index (κ1) is 19.0. The van der Waals surface area contributed by atoms with E-state index in [1.807, 2.05) is 6.07 Å². The highest BCUT2D eigenvalue weighted by Crippen LogP contribution is 2.31. The van der Waals surface area contributed by atoms with Crippen molar-refractivity contribution in [1.29, 1.82) is 0 Å². The summed E-state index contributed by atoms with van der Waals surface area (Å²) in [7, 11) is 0. The first-order valence-corrected chi connectivity index (χ1v) is 10.6. The molecule has 150 valence electrons. The molecule has 2 aliphatic heterocycles. The van der Waals surface area contributed by atoms with E-state index in [0.29, 0.717) is 12.6 Å². The third-order valence-electron chi connectivity index (χ3n) is 6.00. The average molecular weight is 381 g/mol. The maximum atomic E-state index is 4.85. The molecule has 0 bridgehead atoms. The van der Waals surface area contributed by atoms with Crippen LogP contribution in [0.4, 0.5) is 0 Å². The summed E-state index contributed by atoms with van der Waals surface area (Å²) in [5.74, 6) is 1.76. The summed E-state index contributed by atoms with van der Waals surface area (Å²) in [5.41, 5.74) is 2.48. The van der Waals surface area contributed by atoms with Gasteiger partial charge in [0, 0.05) is 38.4 Å². The van der Waals surface area contributed by atoms with Gasteiger partial charge in [0.1, 0.15) is 0 Å². The fourth-order valence-electron chi connectivity index (χ4n) is 4.67. The van der Waals surface area contributed by atoms with Gasteiger partial charge in [-0.25, -0.2) is 4.99 Å². The number of nitrogens with zero attached hydrogens (tertiary/aromatic N) is 4. The molecule has 2 saturated heterocycles. The summed E-state index contributed by atoms with van der Waals surface area (Å²) in [4.78, 5) is 10.0. The highest BCUT2D eigenvalue weighted by atomic mass is 15.3. The Morgan fingerprint density at radius 1 is 1.21 bits per heavy atom. The molecular weight excluding hydrogens is 348 g/mol. The average Bonchev–Trinajstić information content (AvgIpc) is 3.25. The van der Waals surface area contributed by atoms with Gasteiger partial charge >= 0.3 is 0 Å². The van der Waals surface area contributed by atoms with E-state index in [1.165, 1.54) is 31.4 Å². The molecule has 0 amide bonds. The molecule has 2 aromatic rings. The van der Waals surface area contributed by atoms with Gasteiger partial charge in [-0.1, -0.05) is 30.3 Å². The fourth-order valence-corrected chi connectivity index (χ4v) is 4.67. The molecule has 0 saturated carbocycles. The Kier molecular flexibility index (Phi) is 6.27. The van der Waals surface area contributed by atoms with Gasteiger partial charge in [0.15, 0.2) is 5.96 Å². The van der Waals surface area contributed by atoms with Crippen LogP contribution in [0.2, 0.25) is 0 Å². The molecule has 2 N–H and O–H groups in total. The van der Waals surface area contributed by atoms with Gasteiger partial charge in [-0.15, -0.1) is 0 Å². The highest BCUT2D eigenvalue weighted by molar-refractivity contribution is 5.80. The summed E-state index contributed by atoms with van der Waals surface area (Å²) in [6, 6.07) is 13.6. The predicted octanol–water partition coefficient (Wildman–Crippen LogP) is 2.86. The molecule has 2 atom stereocenters. The molecule has 6 nitrogen and oxygen atoms in total. The molecule has 0 spiro atoms. The number of hydrogen-bond donors (Lipinski definition) is 2. The van der Waals surface area contributed by atoms with Crippen LogP contribution in [0.3, 0.4) is 0 Å². The Bertz CT molecular complexity index is 742. The number of rotatable bonds is 5. The topological polar surface area (TPSA) is 59.6 Å². The standard InChI is InChI=1S/C22H32N6/c1-2-23-22(24-15-20-10-12-25-26-20)28-14-11-21-19(17-28)9-6-13-27(21)16-18-7-4-3-5-8-18/h3-5,7-8,10,12,19,21H,2,6,9,11,13-17H2,1H3,(H,23,24)(H,25,26). The number of hydrogen-bond acceptors (Lipinski definition) is 3. The SMILES string of the molecule is CCNC(=NCc1ccn[nH]1)N1CCC2C(CCCN2Cc2ccccc2)C1. The van der Waals surface area contributed by atoms with Crippen LogP contribution < -0.4 is 5.32 Å². The monoisotopic (exact) mass is 380 g/mol. The zero-order valence-corrected chi connectivity index (χ0v) is 16.8. The number of nitrogens with one attached hydrogen (secondary N) is 2. The number of H-pyrrole nitrogens is 1. The molecule has 2 unspecified atom stereocenters. The first-order chi connectivity index (χ1) is 13.8. The van der Waals surface area contributed by atoms with Gasteiger partial charge < -0.3 is 10.2 Å². The van der Waals surface area contributed by atoms with Gasteiger partial charge in [0.2, 0.25) is 0 Å². The lowest BCUT2D eigenvalue weighted by Crippen LogP contribution is -2.56. The number of guanidine groups is 1. The van der Waals surface area contributed by atoms with E-state index in [1.54, 1.807) is 6.20 Å². The van der Waals surface area contributed by atoms with E-state index in [9.17, 15) is 0 Å². The number of piperidine rings is 2. The fraction of sp³-hybridized carbons (Fsp3) is 0.545. The molecule has 4 rings (SSSR count). The molecular formula is C22H32N6. The predicted molar refractivity (Wildman–Crippen MR) is 113 cm³/mol. The number of likely N-dealkylation sites (tertiary alicyclic amines) is 2. The maximum Gasteiger partial charge on any atom is 0.194 e. The second-order valence-electron chi connectivity index (χ2n) is 7.91. The summed E-state index contributed by atoms with van der Waals surface area (Å²) in [5, 5.41) is 10.5. The van der Waals surface area contributed by atoms with Crippen LogP contribution >= 0.6 is 0 Å². The second-order valence-corrected chi connectivity index (χ2v) is 7.91. The number of benzene rings is 1. The lowest BCUT2D eigenvalue weighted by Gasteiger charge is -2.48. The van der Waals surface area contributed by atoms with Crippen molar-refractivity contribution in [3.8, 4) is 0 Å². The lowest BCUT2D eigenvalue weighted by molar-refractivity contribution is 0.0372. The van der Waals surface area contributed by atoms with Crippen molar-refractivity contribution in [2.24, 2.45) is 10.9 Å². The summed E-state index contributed by atoms with van der Waals surface area (Å²) >= 11 is 0. The van der Waals surface area contributed by atoms with E-state index in [2.05, 4.69) is 62.6 Å². The zero-order chi connectivity index (χ0) is 19.2. The summed E-state index contributed by atoms with van der Waals surface area (Å²) in [6.07, 6.45) is 5.62. The van der Waals surface area contributed by atoms with Gasteiger partial charge in [0.05, 0.1) is 12.2 Å². The molecule has 6 heteroatoms. The smallest absolute Gasteiger partial charge is 0.194 e. The second kappa shape index (κ2) is 9.24. The minimum atomic E-state index is 0.646. The molecule has 3 heterocycles. The molecule has 1 aromatic heterocycles. The van der Waals surface area contributed by atoms with Gasteiger partial charge in [-0.05, 0) is 50.3 Å². The van der Waals surface area contributed by atoms with E-state index < -0.39 is 0 Å². The molecule has 1 aromatic carbocycles. The van der Waals surface area contributed by atoms with Crippen molar-refractivity contribution >= 4 is 5.96 Å². The van der Waals surface area contributed by atoms with Crippen molar-refractivity contribution < 1.29 is 0 Å². The van der Waals surface area contributed by atoms with Crippen LogP contribution in [0, 0.1) is 5.92 Å². The van der Waals surface area contributed by atoms with Crippen LogP contribution in [-0.4, -0.2) is 58.2 Å². The Balaban J connectivity index is 1.40. The number of aromatic nitrogens is 2. The van der Waals surface area contributed by atoms with E-state index in [0.717, 1.165) is 43.8 Å². The van der Waals surface area contributed by atoms with Crippen LogP contribution in [0.5, 0.6) is 0 Å². The van der Waals surface area contributed by atoms with Crippen LogP contribution in [0.25, 0.3) is 0 Å². The van der Waals surface area contributed by atoms with E-state index >= 15 is 0 Å². The maximum absolute atomic E-state index is 4.85. The van der Waals surface area contributed by atoms with Gasteiger partial charge in [0.25, 0.3) is 0 Å². The lowest BCUT2D eigenvalue weighted by atomic mass is 9.83. The largest absolute Gasteiger partial charge is 0.357 e. The summed E-state index contributed by atoms with van der Waals surface area (Å²) < 4.78 is 0. The number of aliphatic imine (C=N–C) groups is 1. The van der Waals surface area contributed by atoms with Crippen molar-refractivity contribution in [2.45, 2.75) is 45.3 Å². The van der Waals surface area contributed by atoms with E-state index in [4.69, 9.17) is 4.99 Å². The third kappa shape index (κ3) is 4.55. The molecule has 0 radical (unpaired) electrons. The van der Waals surface area contributed by atoms with Crippen molar-refractivity contribution in [3.63, 3.8) is 0 Å². The Morgan fingerprint density at radius 2 is 2.11 bits per heavy atom. The Labute approximate surface area is 168 Å². The van der Waals surface area contributed by atoms with Crippen molar-refractivity contribution in [3.05, 3.63) is 53.9 Å². The van der Waals surface area contributed by atoms with Crippen LogP contribution in [0.15, 0.2) is 47.6 Å². The number of fused-ring (bicyclic) bond motifs is 1. The quantitative estimate of drug-likeness (QED) is 0.619. The first-order valence-electron chi connectivity index (χ1n) is 10.6.